The lowest BCUT2D eigenvalue weighted by Gasteiger charge is -1.95. The number of carboxylic acids is 1. The minimum Gasteiger partial charge on any atom is -0.478 e. The molecule has 20 heavy (non-hydrogen) atoms. The second-order valence-electron chi connectivity index (χ2n) is 4.68. The Hall–Kier alpha value is -2.63. The Kier molecular flexibility index (Phi) is 2.60. The third kappa shape index (κ3) is 1.77. The summed E-state index contributed by atoms with van der Waals surface area (Å²) in [6, 6.07) is 4.63. The molecule has 2 aromatic heterocycles. The fourth-order valence-electron chi connectivity index (χ4n) is 2.25. The molecular formula is C14H13N3O3. The summed E-state index contributed by atoms with van der Waals surface area (Å²) in [5, 5.41) is 13.3. The highest BCUT2D eigenvalue weighted by molar-refractivity contribution is 5.92. The van der Waals surface area contributed by atoms with E-state index in [4.69, 9.17) is 9.52 Å². The number of carboxylic acid groups (broad SMARTS) is 1. The fraction of sp³-hybridized carbons (Fsp3) is 0.214. The largest absolute Gasteiger partial charge is 0.478 e. The normalized spacial score (nSPS) is 11.2. The Bertz CT molecular complexity index is 830. The zero-order valence-electron chi connectivity index (χ0n) is 11.3. The van der Waals surface area contributed by atoms with Crippen molar-refractivity contribution in [1.29, 1.82) is 0 Å². The van der Waals surface area contributed by atoms with E-state index in [2.05, 4.69) is 10.1 Å². The molecule has 0 fully saturated rings. The van der Waals surface area contributed by atoms with Crippen LogP contribution < -0.4 is 0 Å². The van der Waals surface area contributed by atoms with Crippen molar-refractivity contribution >= 4 is 17.1 Å². The number of fused-ring (bicyclic) bond motifs is 1. The molecule has 3 rings (SSSR count). The Balaban J connectivity index is 2.20. The van der Waals surface area contributed by atoms with Gasteiger partial charge in [-0.25, -0.2) is 9.78 Å². The van der Waals surface area contributed by atoms with Gasteiger partial charge < -0.3 is 9.52 Å². The molecule has 102 valence electrons. The predicted molar refractivity (Wildman–Crippen MR) is 72.6 cm³/mol. The lowest BCUT2D eigenvalue weighted by Crippen LogP contribution is -1.94. The molecule has 0 amide bonds. The minimum atomic E-state index is -0.981. The molecule has 0 bridgehead atoms. The van der Waals surface area contributed by atoms with E-state index in [1.165, 1.54) is 12.1 Å². The number of rotatable bonds is 2. The third-order valence-corrected chi connectivity index (χ3v) is 3.36. The maximum absolute atomic E-state index is 11.0. The van der Waals surface area contributed by atoms with Crippen LogP contribution in [0.15, 0.2) is 22.6 Å². The zero-order valence-corrected chi connectivity index (χ0v) is 11.3. The number of aryl methyl sites for hydroxylation is 2. The first-order valence-corrected chi connectivity index (χ1v) is 6.12. The van der Waals surface area contributed by atoms with Gasteiger partial charge in [-0.15, -0.1) is 0 Å². The van der Waals surface area contributed by atoms with Crippen LogP contribution in [0.25, 0.3) is 22.6 Å². The van der Waals surface area contributed by atoms with Crippen molar-refractivity contribution in [3.8, 4) is 11.5 Å². The maximum Gasteiger partial charge on any atom is 0.335 e. The van der Waals surface area contributed by atoms with Gasteiger partial charge in [-0.05, 0) is 32.0 Å². The summed E-state index contributed by atoms with van der Waals surface area (Å²) in [5.41, 5.74) is 3.91. The Labute approximate surface area is 114 Å². The minimum absolute atomic E-state index is 0.192. The summed E-state index contributed by atoms with van der Waals surface area (Å²) in [4.78, 5) is 15.3. The van der Waals surface area contributed by atoms with Gasteiger partial charge in [0.15, 0.2) is 5.58 Å². The molecule has 6 heteroatoms. The Morgan fingerprint density at radius 2 is 2.10 bits per heavy atom. The first-order chi connectivity index (χ1) is 9.47. The van der Waals surface area contributed by atoms with Crippen LogP contribution in [0.3, 0.4) is 0 Å². The first-order valence-electron chi connectivity index (χ1n) is 6.12. The molecule has 3 aromatic rings. The van der Waals surface area contributed by atoms with Gasteiger partial charge in [0.2, 0.25) is 5.89 Å². The zero-order chi connectivity index (χ0) is 14.4. The molecule has 0 saturated heterocycles. The van der Waals surface area contributed by atoms with E-state index < -0.39 is 5.97 Å². The third-order valence-electron chi connectivity index (χ3n) is 3.36. The van der Waals surface area contributed by atoms with Gasteiger partial charge in [-0.3, -0.25) is 4.68 Å². The quantitative estimate of drug-likeness (QED) is 0.774. The standard InChI is InChI=1S/C14H13N3O3/c1-7-12(8(2)17(3)16-7)13-15-10-6-9(14(18)19)4-5-11(10)20-13/h4-6H,1-3H3,(H,18,19). The van der Waals surface area contributed by atoms with E-state index in [-0.39, 0.29) is 5.56 Å². The summed E-state index contributed by atoms with van der Waals surface area (Å²) in [7, 11) is 1.86. The van der Waals surface area contributed by atoms with E-state index >= 15 is 0 Å². The molecule has 0 aliphatic heterocycles. The molecule has 0 aliphatic carbocycles. The van der Waals surface area contributed by atoms with Crippen LogP contribution in [0.1, 0.15) is 21.7 Å². The molecule has 0 atom stereocenters. The topological polar surface area (TPSA) is 81.2 Å². The van der Waals surface area contributed by atoms with Crippen LogP contribution in [-0.2, 0) is 7.05 Å². The van der Waals surface area contributed by atoms with Crippen molar-refractivity contribution < 1.29 is 14.3 Å². The average molecular weight is 271 g/mol. The van der Waals surface area contributed by atoms with Gasteiger partial charge >= 0.3 is 5.97 Å². The molecule has 6 nitrogen and oxygen atoms in total. The number of benzene rings is 1. The van der Waals surface area contributed by atoms with Crippen molar-refractivity contribution in [2.24, 2.45) is 7.05 Å². The summed E-state index contributed by atoms with van der Waals surface area (Å²) in [6.07, 6.45) is 0. The monoisotopic (exact) mass is 271 g/mol. The van der Waals surface area contributed by atoms with Crippen LogP contribution in [0.2, 0.25) is 0 Å². The Morgan fingerprint density at radius 3 is 2.70 bits per heavy atom. The summed E-state index contributed by atoms with van der Waals surface area (Å²) in [5.74, 6) is -0.518. The van der Waals surface area contributed by atoms with Crippen LogP contribution in [0, 0.1) is 13.8 Å². The molecule has 0 radical (unpaired) electrons. The van der Waals surface area contributed by atoms with Crippen molar-refractivity contribution in [2.45, 2.75) is 13.8 Å². The van der Waals surface area contributed by atoms with E-state index in [0.717, 1.165) is 17.0 Å². The van der Waals surface area contributed by atoms with Crippen molar-refractivity contribution in [3.05, 3.63) is 35.2 Å². The smallest absolute Gasteiger partial charge is 0.335 e. The highest BCUT2D eigenvalue weighted by atomic mass is 16.4. The lowest BCUT2D eigenvalue weighted by molar-refractivity contribution is 0.0697. The highest BCUT2D eigenvalue weighted by Gasteiger charge is 2.18. The van der Waals surface area contributed by atoms with Crippen molar-refractivity contribution in [1.82, 2.24) is 14.8 Å². The van der Waals surface area contributed by atoms with Gasteiger partial charge in [0.25, 0.3) is 0 Å². The number of carbonyl (C=O) groups is 1. The van der Waals surface area contributed by atoms with Crippen LogP contribution in [0.5, 0.6) is 0 Å². The second-order valence-corrected chi connectivity index (χ2v) is 4.68. The van der Waals surface area contributed by atoms with Crippen molar-refractivity contribution in [3.63, 3.8) is 0 Å². The summed E-state index contributed by atoms with van der Waals surface area (Å²) < 4.78 is 7.47. The van der Waals surface area contributed by atoms with E-state index in [1.54, 1.807) is 10.7 Å². The number of aromatic carboxylic acids is 1. The van der Waals surface area contributed by atoms with Gasteiger partial charge in [0.1, 0.15) is 5.52 Å². The Morgan fingerprint density at radius 1 is 1.35 bits per heavy atom. The molecule has 1 N–H and O–H groups in total. The number of hydrogen-bond donors (Lipinski definition) is 1. The van der Waals surface area contributed by atoms with Crippen LogP contribution >= 0.6 is 0 Å². The SMILES string of the molecule is Cc1nn(C)c(C)c1-c1nc2cc(C(=O)O)ccc2o1. The second kappa shape index (κ2) is 4.19. The number of oxazole rings is 1. The van der Waals surface area contributed by atoms with Crippen LogP contribution in [-0.4, -0.2) is 25.8 Å². The molecule has 0 aliphatic rings. The number of nitrogens with zero attached hydrogens (tertiary/aromatic N) is 3. The maximum atomic E-state index is 11.0. The first kappa shape index (κ1) is 12.4. The molecule has 0 spiro atoms. The van der Waals surface area contributed by atoms with Crippen molar-refractivity contribution in [2.75, 3.05) is 0 Å². The number of hydrogen-bond acceptors (Lipinski definition) is 4. The molecule has 0 unspecified atom stereocenters. The van der Waals surface area contributed by atoms with Gasteiger partial charge in [0, 0.05) is 12.7 Å². The molecular weight excluding hydrogens is 258 g/mol. The van der Waals surface area contributed by atoms with E-state index in [0.29, 0.717) is 17.0 Å². The fourth-order valence-corrected chi connectivity index (χ4v) is 2.25. The van der Waals surface area contributed by atoms with Gasteiger partial charge in [-0.2, -0.15) is 5.10 Å². The number of aromatic nitrogens is 3. The molecule has 1 aromatic carbocycles. The average Bonchev–Trinajstić information content (AvgIpc) is 2.90. The molecule has 0 saturated carbocycles. The summed E-state index contributed by atoms with van der Waals surface area (Å²) >= 11 is 0. The van der Waals surface area contributed by atoms with E-state index in [1.807, 2.05) is 20.9 Å². The highest BCUT2D eigenvalue weighted by Crippen LogP contribution is 2.29. The van der Waals surface area contributed by atoms with E-state index in [9.17, 15) is 4.79 Å². The predicted octanol–water partition coefficient (Wildman–Crippen LogP) is 2.54. The van der Waals surface area contributed by atoms with Gasteiger partial charge in [-0.1, -0.05) is 0 Å². The summed E-state index contributed by atoms with van der Waals surface area (Å²) in [6.45, 7) is 3.83. The van der Waals surface area contributed by atoms with Gasteiger partial charge in [0.05, 0.1) is 16.8 Å². The van der Waals surface area contributed by atoms with Crippen LogP contribution in [0.4, 0.5) is 0 Å². The lowest BCUT2D eigenvalue weighted by atomic mass is 10.2. The molecule has 2 heterocycles.